The van der Waals surface area contributed by atoms with Crippen LogP contribution in [0.4, 0.5) is 0 Å². The van der Waals surface area contributed by atoms with E-state index in [1.165, 1.54) is 92.3 Å². The van der Waals surface area contributed by atoms with Crippen molar-refractivity contribution in [1.82, 2.24) is 0 Å². The molecule has 1 heterocycles. The van der Waals surface area contributed by atoms with Gasteiger partial charge in [-0.3, -0.25) is 0 Å². The van der Waals surface area contributed by atoms with E-state index in [1.54, 1.807) is 0 Å². The van der Waals surface area contributed by atoms with Gasteiger partial charge >= 0.3 is 0 Å². The highest BCUT2D eigenvalue weighted by molar-refractivity contribution is 6.31. The summed E-state index contributed by atoms with van der Waals surface area (Å²) in [5, 5.41) is 20.2. The third kappa shape index (κ3) is 3.29. The summed E-state index contributed by atoms with van der Waals surface area (Å²) in [5.41, 5.74) is 6.75. The standard InChI is InChI=1S/C48H26O/c1-2-13-42-35(10-1)41-26-40(34-23-19-32-17-15-28-7-4-9-30-21-25-39(34)46(32)44(28)30)37-12-5-11-36(47(37)48(41)49-42)33-22-18-31-16-14-27-6-3-8-29-20-24-38(33)45(31)43(27)29/h1-26H. The number of para-hydroxylation sites is 1. The van der Waals surface area contributed by atoms with Gasteiger partial charge in [0.05, 0.1) is 0 Å². The summed E-state index contributed by atoms with van der Waals surface area (Å²) in [6.45, 7) is 0. The van der Waals surface area contributed by atoms with Crippen LogP contribution in [0.1, 0.15) is 0 Å². The minimum atomic E-state index is 0.913. The number of hydrogen-bond acceptors (Lipinski definition) is 1. The molecule has 12 aromatic rings. The summed E-state index contributed by atoms with van der Waals surface area (Å²) >= 11 is 0. The number of rotatable bonds is 2. The van der Waals surface area contributed by atoms with Gasteiger partial charge < -0.3 is 4.42 Å². The molecule has 0 bridgehead atoms. The van der Waals surface area contributed by atoms with Crippen LogP contribution in [0.3, 0.4) is 0 Å². The zero-order valence-corrected chi connectivity index (χ0v) is 26.4. The Morgan fingerprint density at radius 3 is 1.37 bits per heavy atom. The van der Waals surface area contributed by atoms with Crippen LogP contribution < -0.4 is 0 Å². The molecule has 1 aromatic heterocycles. The van der Waals surface area contributed by atoms with Gasteiger partial charge in [-0.1, -0.05) is 146 Å². The summed E-state index contributed by atoms with van der Waals surface area (Å²) in [7, 11) is 0. The first-order chi connectivity index (χ1) is 24.3. The molecule has 11 aromatic carbocycles. The quantitative estimate of drug-likeness (QED) is 0.176. The smallest absolute Gasteiger partial charge is 0.143 e. The molecule has 0 unspecified atom stereocenters. The van der Waals surface area contributed by atoms with Gasteiger partial charge in [0.1, 0.15) is 11.2 Å². The lowest BCUT2D eigenvalue weighted by Gasteiger charge is -2.18. The first-order valence-electron chi connectivity index (χ1n) is 17.0. The largest absolute Gasteiger partial charge is 0.455 e. The monoisotopic (exact) mass is 618 g/mol. The molecule has 1 heteroatoms. The van der Waals surface area contributed by atoms with Crippen LogP contribution in [-0.4, -0.2) is 0 Å². The van der Waals surface area contributed by atoms with Crippen molar-refractivity contribution in [2.45, 2.75) is 0 Å². The SMILES string of the molecule is c1cc2ccc3ccc(-c4cc5c6ccccc6oc5c5c(-c6ccc7ccc8cccc9ccc6c7c89)cccc45)c4ccc(c1)c2c34. The second-order valence-corrected chi connectivity index (χ2v) is 13.6. The molecule has 0 aliphatic heterocycles. The van der Waals surface area contributed by atoms with Gasteiger partial charge in [0, 0.05) is 16.2 Å². The Labute approximate surface area is 280 Å². The molecule has 0 radical (unpaired) electrons. The van der Waals surface area contributed by atoms with Gasteiger partial charge in [0.15, 0.2) is 0 Å². The van der Waals surface area contributed by atoms with Gasteiger partial charge in [-0.2, -0.15) is 0 Å². The van der Waals surface area contributed by atoms with Crippen molar-refractivity contribution in [3.63, 3.8) is 0 Å². The molecule has 0 atom stereocenters. The Bertz CT molecular complexity index is 3290. The van der Waals surface area contributed by atoms with Crippen LogP contribution in [0, 0.1) is 0 Å². The molecule has 12 rings (SSSR count). The Morgan fingerprint density at radius 1 is 0.265 bits per heavy atom. The predicted molar refractivity (Wildman–Crippen MR) is 210 cm³/mol. The summed E-state index contributed by atoms with van der Waals surface area (Å²) in [6, 6.07) is 58.4. The third-order valence-corrected chi connectivity index (χ3v) is 11.1. The zero-order chi connectivity index (χ0) is 31.8. The highest BCUT2D eigenvalue weighted by Crippen LogP contribution is 2.48. The first-order valence-corrected chi connectivity index (χ1v) is 17.0. The predicted octanol–water partition coefficient (Wildman–Crippen LogP) is 13.9. The van der Waals surface area contributed by atoms with Gasteiger partial charge in [-0.25, -0.2) is 0 Å². The number of fused-ring (bicyclic) bond motifs is 5. The normalized spacial score (nSPS) is 12.5. The minimum Gasteiger partial charge on any atom is -0.455 e. The van der Waals surface area contributed by atoms with E-state index in [0.29, 0.717) is 0 Å². The average molecular weight is 619 g/mol. The van der Waals surface area contributed by atoms with E-state index in [-0.39, 0.29) is 0 Å². The maximum Gasteiger partial charge on any atom is 0.143 e. The minimum absolute atomic E-state index is 0.913. The molecule has 0 aliphatic rings. The number of furan rings is 1. The first kappa shape index (κ1) is 25.6. The van der Waals surface area contributed by atoms with E-state index in [2.05, 4.69) is 158 Å². The Morgan fingerprint density at radius 2 is 0.735 bits per heavy atom. The third-order valence-electron chi connectivity index (χ3n) is 11.1. The maximum absolute atomic E-state index is 6.82. The molecule has 0 fully saturated rings. The van der Waals surface area contributed by atoms with Crippen molar-refractivity contribution in [1.29, 1.82) is 0 Å². The molecule has 0 spiro atoms. The Hall–Kier alpha value is -6.44. The van der Waals surface area contributed by atoms with Crippen LogP contribution in [0.5, 0.6) is 0 Å². The molecule has 1 nitrogen and oxygen atoms in total. The van der Waals surface area contributed by atoms with Gasteiger partial charge in [-0.15, -0.1) is 0 Å². The van der Waals surface area contributed by atoms with Gasteiger partial charge in [-0.05, 0) is 104 Å². The van der Waals surface area contributed by atoms with Crippen LogP contribution in [-0.2, 0) is 0 Å². The second kappa shape index (κ2) is 9.13. The van der Waals surface area contributed by atoms with Crippen LogP contribution in [0.25, 0.3) is 120 Å². The summed E-state index contributed by atoms with van der Waals surface area (Å²) in [5.74, 6) is 0. The topological polar surface area (TPSA) is 13.1 Å². The van der Waals surface area contributed by atoms with Crippen LogP contribution in [0.2, 0.25) is 0 Å². The molecule has 224 valence electrons. The lowest BCUT2D eigenvalue weighted by atomic mass is 9.85. The van der Waals surface area contributed by atoms with E-state index in [4.69, 9.17) is 4.42 Å². The molecule has 0 aliphatic carbocycles. The van der Waals surface area contributed by atoms with Crippen LogP contribution >= 0.6 is 0 Å². The van der Waals surface area contributed by atoms with E-state index in [9.17, 15) is 0 Å². The van der Waals surface area contributed by atoms with E-state index >= 15 is 0 Å². The summed E-state index contributed by atoms with van der Waals surface area (Å²) < 4.78 is 6.82. The second-order valence-electron chi connectivity index (χ2n) is 13.6. The molecule has 49 heavy (non-hydrogen) atoms. The number of hydrogen-bond donors (Lipinski definition) is 0. The van der Waals surface area contributed by atoms with Crippen molar-refractivity contribution < 1.29 is 4.42 Å². The molecular formula is C48H26O. The summed E-state index contributed by atoms with van der Waals surface area (Å²) in [4.78, 5) is 0. The fourth-order valence-electron chi connectivity index (χ4n) is 9.03. The van der Waals surface area contributed by atoms with Crippen molar-refractivity contribution in [3.05, 3.63) is 158 Å². The van der Waals surface area contributed by atoms with Crippen molar-refractivity contribution in [2.24, 2.45) is 0 Å². The highest BCUT2D eigenvalue weighted by atomic mass is 16.3. The van der Waals surface area contributed by atoms with Gasteiger partial charge in [0.25, 0.3) is 0 Å². The molecular weight excluding hydrogens is 593 g/mol. The summed E-state index contributed by atoms with van der Waals surface area (Å²) in [6.07, 6.45) is 0. The highest BCUT2D eigenvalue weighted by Gasteiger charge is 2.21. The molecule has 0 amide bonds. The van der Waals surface area contributed by atoms with Crippen molar-refractivity contribution in [3.8, 4) is 22.3 Å². The van der Waals surface area contributed by atoms with Gasteiger partial charge in [0.2, 0.25) is 0 Å². The maximum atomic E-state index is 6.82. The molecule has 0 saturated carbocycles. The lowest BCUT2D eigenvalue weighted by Crippen LogP contribution is -1.91. The Balaban J connectivity index is 1.25. The molecule has 0 saturated heterocycles. The lowest BCUT2D eigenvalue weighted by molar-refractivity contribution is 0.673. The fraction of sp³-hybridized carbons (Fsp3) is 0. The van der Waals surface area contributed by atoms with Crippen LogP contribution in [0.15, 0.2) is 162 Å². The van der Waals surface area contributed by atoms with Crippen molar-refractivity contribution >= 4 is 97.3 Å². The van der Waals surface area contributed by atoms with Crippen molar-refractivity contribution in [2.75, 3.05) is 0 Å². The average Bonchev–Trinajstić information content (AvgIpc) is 3.54. The zero-order valence-electron chi connectivity index (χ0n) is 26.4. The van der Waals surface area contributed by atoms with E-state index in [1.807, 2.05) is 0 Å². The van der Waals surface area contributed by atoms with E-state index < -0.39 is 0 Å². The Kier molecular flexibility index (Phi) is 4.77. The number of benzene rings is 11. The fourth-order valence-corrected chi connectivity index (χ4v) is 9.03. The molecule has 0 N–H and O–H groups in total. The van der Waals surface area contributed by atoms with E-state index in [0.717, 1.165) is 27.3 Å².